The molecule has 2 rings (SSSR count). The number of benzene rings is 1. The smallest absolute Gasteiger partial charge is 0.272 e. The fourth-order valence-electron chi connectivity index (χ4n) is 1.96. The lowest BCUT2D eigenvalue weighted by Crippen LogP contribution is -2.30. The third-order valence-corrected chi connectivity index (χ3v) is 2.92. The summed E-state index contributed by atoms with van der Waals surface area (Å²) in [7, 11) is 1.70. The third-order valence-electron chi connectivity index (χ3n) is 2.92. The molecule has 0 aliphatic carbocycles. The topological polar surface area (TPSA) is 64.0 Å². The Morgan fingerprint density at radius 1 is 1.37 bits per heavy atom. The second-order valence-electron chi connectivity index (χ2n) is 4.89. The highest BCUT2D eigenvalue weighted by molar-refractivity contribution is 5.97. The predicted molar refractivity (Wildman–Crippen MR) is 74.3 cm³/mol. The Hall–Kier alpha value is -2.17. The maximum atomic E-state index is 11.9. The van der Waals surface area contributed by atoms with Crippen LogP contribution in [-0.4, -0.2) is 21.5 Å². The Kier molecular flexibility index (Phi) is 3.38. The zero-order valence-corrected chi connectivity index (χ0v) is 11.5. The van der Waals surface area contributed by atoms with Crippen LogP contribution in [0, 0.1) is 6.92 Å². The quantitative estimate of drug-likeness (QED) is 0.886. The molecule has 0 unspecified atom stereocenters. The van der Waals surface area contributed by atoms with Crippen molar-refractivity contribution < 1.29 is 4.79 Å². The maximum absolute atomic E-state index is 11.9. The number of hydrogen-bond acceptors (Lipinski definition) is 3. The van der Waals surface area contributed by atoms with E-state index in [1.807, 2.05) is 13.8 Å². The van der Waals surface area contributed by atoms with E-state index >= 15 is 0 Å². The molecule has 0 saturated heterocycles. The van der Waals surface area contributed by atoms with Gasteiger partial charge in [0.25, 0.3) is 11.5 Å². The maximum Gasteiger partial charge on any atom is 0.272 e. The van der Waals surface area contributed by atoms with Gasteiger partial charge in [0, 0.05) is 18.7 Å². The van der Waals surface area contributed by atoms with Gasteiger partial charge in [-0.1, -0.05) is 0 Å². The molecule has 5 nitrogen and oxygen atoms in total. The number of aryl methyl sites for hydroxylation is 2. The standard InChI is InChI=1S/C14H17N3O2/c1-8(2)15-13(18)10-5-6-12-11(7-10)16-9(3)14(19)17(12)4/h5-8H,1-4H3,(H,15,18). The molecular formula is C14H17N3O2. The molecule has 0 aliphatic rings. The van der Waals surface area contributed by atoms with Crippen molar-refractivity contribution in [3.63, 3.8) is 0 Å². The summed E-state index contributed by atoms with van der Waals surface area (Å²) in [6, 6.07) is 5.24. The van der Waals surface area contributed by atoms with E-state index in [0.29, 0.717) is 16.8 Å². The largest absolute Gasteiger partial charge is 0.350 e. The number of rotatable bonds is 2. The van der Waals surface area contributed by atoms with Crippen LogP contribution in [-0.2, 0) is 7.05 Å². The molecule has 100 valence electrons. The van der Waals surface area contributed by atoms with Crippen LogP contribution in [0.1, 0.15) is 29.9 Å². The van der Waals surface area contributed by atoms with Crippen molar-refractivity contribution >= 4 is 16.9 Å². The summed E-state index contributed by atoms with van der Waals surface area (Å²) in [6.45, 7) is 5.48. The van der Waals surface area contributed by atoms with Gasteiger partial charge in [-0.05, 0) is 39.0 Å². The summed E-state index contributed by atoms with van der Waals surface area (Å²) >= 11 is 0. The van der Waals surface area contributed by atoms with Gasteiger partial charge in [-0.15, -0.1) is 0 Å². The molecule has 0 spiro atoms. The van der Waals surface area contributed by atoms with E-state index in [1.54, 1.807) is 36.7 Å². The highest BCUT2D eigenvalue weighted by Crippen LogP contribution is 2.12. The number of nitrogens with zero attached hydrogens (tertiary/aromatic N) is 2. The minimum Gasteiger partial charge on any atom is -0.350 e. The SMILES string of the molecule is Cc1nc2cc(C(=O)NC(C)C)ccc2n(C)c1=O. The lowest BCUT2D eigenvalue weighted by molar-refractivity contribution is 0.0943. The van der Waals surface area contributed by atoms with Gasteiger partial charge < -0.3 is 9.88 Å². The zero-order chi connectivity index (χ0) is 14.2. The van der Waals surface area contributed by atoms with Gasteiger partial charge in [-0.3, -0.25) is 9.59 Å². The van der Waals surface area contributed by atoms with E-state index in [2.05, 4.69) is 10.3 Å². The van der Waals surface area contributed by atoms with Crippen LogP contribution in [0.2, 0.25) is 0 Å². The molecule has 1 N–H and O–H groups in total. The van der Waals surface area contributed by atoms with E-state index in [1.165, 1.54) is 0 Å². The molecule has 0 atom stereocenters. The zero-order valence-electron chi connectivity index (χ0n) is 11.5. The van der Waals surface area contributed by atoms with Gasteiger partial charge in [0.1, 0.15) is 5.69 Å². The normalized spacial score (nSPS) is 11.0. The van der Waals surface area contributed by atoms with Crippen molar-refractivity contribution in [3.05, 3.63) is 39.8 Å². The van der Waals surface area contributed by atoms with Crippen LogP contribution in [0.3, 0.4) is 0 Å². The average Bonchev–Trinajstić information content (AvgIpc) is 2.34. The Balaban J connectivity index is 2.56. The predicted octanol–water partition coefficient (Wildman–Crippen LogP) is 1.38. The summed E-state index contributed by atoms with van der Waals surface area (Å²) in [5.74, 6) is -0.134. The highest BCUT2D eigenvalue weighted by atomic mass is 16.1. The van der Waals surface area contributed by atoms with Gasteiger partial charge in [-0.2, -0.15) is 0 Å². The second-order valence-corrected chi connectivity index (χ2v) is 4.89. The first-order valence-corrected chi connectivity index (χ1v) is 6.18. The first-order valence-electron chi connectivity index (χ1n) is 6.18. The van der Waals surface area contributed by atoms with Gasteiger partial charge in [0.15, 0.2) is 0 Å². The van der Waals surface area contributed by atoms with E-state index in [0.717, 1.165) is 5.52 Å². The van der Waals surface area contributed by atoms with Gasteiger partial charge in [0.05, 0.1) is 11.0 Å². The lowest BCUT2D eigenvalue weighted by atomic mass is 10.1. The number of nitrogens with one attached hydrogen (secondary N) is 1. The molecule has 5 heteroatoms. The molecule has 1 aromatic carbocycles. The number of carbonyl (C=O) groups excluding carboxylic acids is 1. The Labute approximate surface area is 111 Å². The minimum atomic E-state index is -0.134. The summed E-state index contributed by atoms with van der Waals surface area (Å²) in [5, 5.41) is 2.83. The van der Waals surface area contributed by atoms with E-state index in [-0.39, 0.29) is 17.5 Å². The molecule has 0 aliphatic heterocycles. The monoisotopic (exact) mass is 259 g/mol. The van der Waals surface area contributed by atoms with Crippen LogP contribution in [0.5, 0.6) is 0 Å². The fourth-order valence-corrected chi connectivity index (χ4v) is 1.96. The van der Waals surface area contributed by atoms with Crippen molar-refractivity contribution in [1.29, 1.82) is 0 Å². The first kappa shape index (κ1) is 13.3. The van der Waals surface area contributed by atoms with Crippen molar-refractivity contribution in [1.82, 2.24) is 14.9 Å². The molecule has 0 fully saturated rings. The molecule has 0 radical (unpaired) electrons. The number of carbonyl (C=O) groups is 1. The molecule has 19 heavy (non-hydrogen) atoms. The number of hydrogen-bond donors (Lipinski definition) is 1. The molecule has 1 aromatic heterocycles. The molecule has 1 heterocycles. The minimum absolute atomic E-state index is 0.0815. The number of aromatic nitrogens is 2. The summed E-state index contributed by atoms with van der Waals surface area (Å²) < 4.78 is 1.54. The van der Waals surface area contributed by atoms with Crippen molar-refractivity contribution in [3.8, 4) is 0 Å². The van der Waals surface area contributed by atoms with Gasteiger partial charge >= 0.3 is 0 Å². The van der Waals surface area contributed by atoms with E-state index in [9.17, 15) is 9.59 Å². The summed E-state index contributed by atoms with van der Waals surface area (Å²) in [4.78, 5) is 27.9. The van der Waals surface area contributed by atoms with Crippen molar-refractivity contribution in [2.75, 3.05) is 0 Å². The van der Waals surface area contributed by atoms with Crippen LogP contribution in [0.25, 0.3) is 11.0 Å². The molecule has 2 aromatic rings. The number of fused-ring (bicyclic) bond motifs is 1. The van der Waals surface area contributed by atoms with Crippen molar-refractivity contribution in [2.24, 2.45) is 7.05 Å². The molecule has 1 amide bonds. The molecule has 0 bridgehead atoms. The fraction of sp³-hybridized carbons (Fsp3) is 0.357. The van der Waals surface area contributed by atoms with Gasteiger partial charge in [0.2, 0.25) is 0 Å². The van der Waals surface area contributed by atoms with Crippen LogP contribution in [0.4, 0.5) is 0 Å². The third kappa shape index (κ3) is 2.50. The molecule has 0 saturated carbocycles. The Morgan fingerprint density at radius 3 is 2.68 bits per heavy atom. The van der Waals surface area contributed by atoms with Gasteiger partial charge in [-0.25, -0.2) is 4.98 Å². The first-order chi connectivity index (χ1) is 8.90. The molecular weight excluding hydrogens is 242 g/mol. The van der Waals surface area contributed by atoms with Crippen molar-refractivity contribution in [2.45, 2.75) is 26.8 Å². The average molecular weight is 259 g/mol. The Bertz CT molecular complexity index is 702. The van der Waals surface area contributed by atoms with Crippen LogP contribution < -0.4 is 10.9 Å². The summed E-state index contributed by atoms with van der Waals surface area (Å²) in [5.41, 5.74) is 2.22. The lowest BCUT2D eigenvalue weighted by Gasteiger charge is -2.10. The summed E-state index contributed by atoms with van der Waals surface area (Å²) in [6.07, 6.45) is 0. The number of amides is 1. The van der Waals surface area contributed by atoms with E-state index in [4.69, 9.17) is 0 Å². The second kappa shape index (κ2) is 4.84. The van der Waals surface area contributed by atoms with Crippen LogP contribution >= 0.6 is 0 Å². The Morgan fingerprint density at radius 2 is 2.05 bits per heavy atom. The van der Waals surface area contributed by atoms with Crippen LogP contribution in [0.15, 0.2) is 23.0 Å². The van der Waals surface area contributed by atoms with E-state index < -0.39 is 0 Å². The highest BCUT2D eigenvalue weighted by Gasteiger charge is 2.10.